The van der Waals surface area contributed by atoms with E-state index in [0.29, 0.717) is 17.9 Å². The van der Waals surface area contributed by atoms with E-state index in [2.05, 4.69) is 5.32 Å². The molecular weight excluding hydrogens is 534 g/mol. The normalized spacial score (nSPS) is 14.6. The van der Waals surface area contributed by atoms with Gasteiger partial charge in [-0.1, -0.05) is 38.3 Å². The van der Waals surface area contributed by atoms with E-state index in [-0.39, 0.29) is 29.9 Å². The Labute approximate surface area is 237 Å². The quantitative estimate of drug-likeness (QED) is 0.387. The summed E-state index contributed by atoms with van der Waals surface area (Å²) < 4.78 is 43.0. The third kappa shape index (κ3) is 8.03. The topological polar surface area (TPSA) is 114 Å². The average molecular weight is 576 g/mol. The maximum Gasteiger partial charge on any atom is 0.244 e. The summed E-state index contributed by atoms with van der Waals surface area (Å²) in [5.74, 6) is 0.520. The Morgan fingerprint density at radius 2 is 1.65 bits per heavy atom. The zero-order chi connectivity index (χ0) is 29.3. The van der Waals surface area contributed by atoms with Crippen molar-refractivity contribution >= 4 is 27.5 Å². The van der Waals surface area contributed by atoms with Crippen LogP contribution in [-0.4, -0.2) is 71.3 Å². The molecule has 0 spiro atoms. The molecule has 11 heteroatoms. The Morgan fingerprint density at radius 3 is 2.25 bits per heavy atom. The predicted octanol–water partition coefficient (Wildman–Crippen LogP) is 3.73. The Morgan fingerprint density at radius 1 is 0.975 bits per heavy atom. The number of amides is 2. The third-order valence-electron chi connectivity index (χ3n) is 7.16. The van der Waals surface area contributed by atoms with Gasteiger partial charge in [0.15, 0.2) is 0 Å². The highest BCUT2D eigenvalue weighted by Crippen LogP contribution is 2.34. The van der Waals surface area contributed by atoms with E-state index < -0.39 is 28.5 Å². The first-order valence-electron chi connectivity index (χ1n) is 13.5. The van der Waals surface area contributed by atoms with Crippen molar-refractivity contribution in [1.29, 1.82) is 0 Å². The maximum absolute atomic E-state index is 14.0. The molecule has 220 valence electrons. The Hall–Kier alpha value is -3.47. The summed E-state index contributed by atoms with van der Waals surface area (Å²) in [6.07, 6.45) is 6.46. The van der Waals surface area contributed by atoms with Crippen LogP contribution in [0, 0.1) is 0 Å². The first-order chi connectivity index (χ1) is 19.1. The predicted molar refractivity (Wildman–Crippen MR) is 154 cm³/mol. The number of nitrogens with zero attached hydrogens (tertiary/aromatic N) is 2. The van der Waals surface area contributed by atoms with Crippen LogP contribution >= 0.6 is 0 Å². The molecule has 0 radical (unpaired) electrons. The SMILES string of the molecule is CC[C@H](C(=O)NC1CCCCC1)N(Cc1cccc(OC)c1)C(=O)CN(c1cc(OC)ccc1OC)S(C)(=O)=O. The first-order valence-corrected chi connectivity index (χ1v) is 15.4. The highest BCUT2D eigenvalue weighted by atomic mass is 32.2. The van der Waals surface area contributed by atoms with Gasteiger partial charge in [0.05, 0.1) is 33.3 Å². The number of sulfonamides is 1. The minimum absolute atomic E-state index is 0.0673. The number of rotatable bonds is 13. The van der Waals surface area contributed by atoms with Crippen molar-refractivity contribution in [1.82, 2.24) is 10.2 Å². The lowest BCUT2D eigenvalue weighted by molar-refractivity contribution is -0.140. The van der Waals surface area contributed by atoms with Crippen LogP contribution in [0.15, 0.2) is 42.5 Å². The smallest absolute Gasteiger partial charge is 0.244 e. The zero-order valence-electron chi connectivity index (χ0n) is 24.0. The van der Waals surface area contributed by atoms with Crippen LogP contribution in [0.2, 0.25) is 0 Å². The van der Waals surface area contributed by atoms with Crippen molar-refractivity contribution in [3.05, 3.63) is 48.0 Å². The molecule has 2 aromatic carbocycles. The average Bonchev–Trinajstić information content (AvgIpc) is 2.95. The van der Waals surface area contributed by atoms with Crippen molar-refractivity contribution in [3.8, 4) is 17.2 Å². The molecule has 1 saturated carbocycles. The molecule has 1 fully saturated rings. The standard InChI is InChI=1S/C29H41N3O7S/c1-6-25(29(34)30-22-12-8-7-9-13-22)31(19-21-11-10-14-23(17-21)37-2)28(33)20-32(40(5,35)36)26-18-24(38-3)15-16-27(26)39-4/h10-11,14-18,22,25H,6-9,12-13,19-20H2,1-5H3,(H,30,34)/t25-/m1/s1. The van der Waals surface area contributed by atoms with Gasteiger partial charge in [-0.25, -0.2) is 8.42 Å². The van der Waals surface area contributed by atoms with Crippen LogP contribution < -0.4 is 23.8 Å². The second kappa shape index (κ2) is 14.2. The molecule has 0 bridgehead atoms. The Kier molecular flexibility index (Phi) is 11.1. The largest absolute Gasteiger partial charge is 0.497 e. The molecule has 3 rings (SSSR count). The zero-order valence-corrected chi connectivity index (χ0v) is 24.8. The van der Waals surface area contributed by atoms with Crippen LogP contribution in [0.4, 0.5) is 5.69 Å². The number of nitrogens with one attached hydrogen (secondary N) is 1. The third-order valence-corrected chi connectivity index (χ3v) is 8.28. The molecule has 0 saturated heterocycles. The number of carbonyl (C=O) groups is 2. The number of methoxy groups -OCH3 is 3. The van der Waals surface area contributed by atoms with E-state index in [1.54, 1.807) is 31.4 Å². The van der Waals surface area contributed by atoms with Crippen molar-refractivity contribution in [2.24, 2.45) is 0 Å². The lowest BCUT2D eigenvalue weighted by Gasteiger charge is -2.34. The molecule has 0 aromatic heterocycles. The van der Waals surface area contributed by atoms with E-state index in [4.69, 9.17) is 14.2 Å². The van der Waals surface area contributed by atoms with E-state index in [0.717, 1.165) is 48.2 Å². The van der Waals surface area contributed by atoms with Gasteiger partial charge in [0, 0.05) is 18.7 Å². The van der Waals surface area contributed by atoms with Gasteiger partial charge in [-0.3, -0.25) is 13.9 Å². The summed E-state index contributed by atoms with van der Waals surface area (Å²) >= 11 is 0. The van der Waals surface area contributed by atoms with Gasteiger partial charge in [-0.05, 0) is 49.1 Å². The molecule has 0 heterocycles. The molecular formula is C29H41N3O7S. The Balaban J connectivity index is 1.99. The van der Waals surface area contributed by atoms with Crippen LogP contribution in [0.25, 0.3) is 0 Å². The molecule has 1 aliphatic carbocycles. The van der Waals surface area contributed by atoms with E-state index in [1.807, 2.05) is 19.1 Å². The molecule has 1 aliphatic rings. The highest BCUT2D eigenvalue weighted by Gasteiger charge is 2.33. The van der Waals surface area contributed by atoms with Gasteiger partial charge in [0.1, 0.15) is 29.8 Å². The van der Waals surface area contributed by atoms with Crippen molar-refractivity contribution in [2.75, 3.05) is 38.4 Å². The summed E-state index contributed by atoms with van der Waals surface area (Å²) in [6.45, 7) is 1.41. The summed E-state index contributed by atoms with van der Waals surface area (Å²) in [6, 6.07) is 11.2. The first kappa shape index (κ1) is 31.1. The molecule has 0 aliphatic heterocycles. The van der Waals surface area contributed by atoms with Gasteiger partial charge in [-0.15, -0.1) is 0 Å². The fourth-order valence-electron chi connectivity index (χ4n) is 5.02. The van der Waals surface area contributed by atoms with E-state index in [1.165, 1.54) is 25.2 Å². The van der Waals surface area contributed by atoms with Crippen LogP contribution in [0.1, 0.15) is 51.0 Å². The fourth-order valence-corrected chi connectivity index (χ4v) is 5.86. The van der Waals surface area contributed by atoms with Crippen molar-refractivity contribution in [3.63, 3.8) is 0 Å². The molecule has 0 unspecified atom stereocenters. The highest BCUT2D eigenvalue weighted by molar-refractivity contribution is 7.92. The lowest BCUT2D eigenvalue weighted by atomic mass is 9.95. The van der Waals surface area contributed by atoms with Gasteiger partial charge in [0.25, 0.3) is 0 Å². The number of hydrogen-bond acceptors (Lipinski definition) is 7. The second-order valence-corrected chi connectivity index (χ2v) is 11.9. The second-order valence-electron chi connectivity index (χ2n) is 9.95. The van der Waals surface area contributed by atoms with Crippen LogP contribution in [-0.2, 0) is 26.2 Å². The van der Waals surface area contributed by atoms with Gasteiger partial charge >= 0.3 is 0 Å². The van der Waals surface area contributed by atoms with E-state index in [9.17, 15) is 18.0 Å². The van der Waals surface area contributed by atoms with Crippen LogP contribution in [0.3, 0.4) is 0 Å². The minimum atomic E-state index is -3.93. The molecule has 2 amide bonds. The lowest BCUT2D eigenvalue weighted by Crippen LogP contribution is -2.54. The van der Waals surface area contributed by atoms with E-state index >= 15 is 0 Å². The summed E-state index contributed by atoms with van der Waals surface area (Å²) in [4.78, 5) is 29.0. The summed E-state index contributed by atoms with van der Waals surface area (Å²) in [7, 11) is 0.511. The van der Waals surface area contributed by atoms with Crippen LogP contribution in [0.5, 0.6) is 17.2 Å². The number of ether oxygens (including phenoxy) is 3. The summed E-state index contributed by atoms with van der Waals surface area (Å²) in [5, 5.41) is 3.14. The number of carbonyl (C=O) groups excluding carboxylic acids is 2. The van der Waals surface area contributed by atoms with Gasteiger partial charge in [0.2, 0.25) is 21.8 Å². The molecule has 2 aromatic rings. The number of hydrogen-bond donors (Lipinski definition) is 1. The summed E-state index contributed by atoms with van der Waals surface area (Å²) in [5.41, 5.74) is 0.917. The van der Waals surface area contributed by atoms with Crippen molar-refractivity contribution < 1.29 is 32.2 Å². The van der Waals surface area contributed by atoms with Gasteiger partial charge < -0.3 is 24.4 Å². The maximum atomic E-state index is 14.0. The molecule has 10 nitrogen and oxygen atoms in total. The minimum Gasteiger partial charge on any atom is -0.497 e. The molecule has 40 heavy (non-hydrogen) atoms. The molecule has 1 atom stereocenters. The molecule has 1 N–H and O–H groups in total. The fraction of sp³-hybridized carbons (Fsp3) is 0.517. The Bertz CT molecular complexity index is 1260. The van der Waals surface area contributed by atoms with Crippen molar-refractivity contribution in [2.45, 2.75) is 64.1 Å². The van der Waals surface area contributed by atoms with Gasteiger partial charge in [-0.2, -0.15) is 0 Å². The number of anilines is 1. The monoisotopic (exact) mass is 575 g/mol. The number of benzene rings is 2.